The Labute approximate surface area is 67.0 Å². The zero-order valence-corrected chi connectivity index (χ0v) is 6.96. The molecule has 66 valence electrons. The smallest absolute Gasteiger partial charge is 0.102 e. The Kier molecular flexibility index (Phi) is 3.27. The van der Waals surface area contributed by atoms with Gasteiger partial charge in [0.25, 0.3) is 0 Å². The van der Waals surface area contributed by atoms with Gasteiger partial charge >= 0.3 is 0 Å². The third kappa shape index (κ3) is 2.14. The van der Waals surface area contributed by atoms with Gasteiger partial charge in [0.15, 0.2) is 0 Å². The molecule has 0 saturated carbocycles. The van der Waals surface area contributed by atoms with E-state index in [1.54, 1.807) is 6.92 Å². The molecule has 2 nitrogen and oxygen atoms in total. The molecule has 3 heteroatoms. The number of nitrogens with zero attached hydrogens (tertiary/aromatic N) is 1. The second kappa shape index (κ2) is 4.02. The van der Waals surface area contributed by atoms with Crippen LogP contribution in [0.15, 0.2) is 0 Å². The highest BCUT2D eigenvalue weighted by Gasteiger charge is 2.27. The molecule has 1 rings (SSSR count). The quantitative estimate of drug-likeness (QED) is 0.662. The van der Waals surface area contributed by atoms with Crippen LogP contribution in [0.2, 0.25) is 0 Å². The predicted molar refractivity (Wildman–Crippen MR) is 42.3 cm³/mol. The molecule has 1 heterocycles. The molecule has 1 N–H and O–H groups in total. The van der Waals surface area contributed by atoms with Crippen molar-refractivity contribution in [3.05, 3.63) is 0 Å². The molecule has 0 amide bonds. The lowest BCUT2D eigenvalue weighted by Gasteiger charge is -2.25. The Morgan fingerprint density at radius 1 is 1.73 bits per heavy atom. The molecule has 1 aliphatic heterocycles. The predicted octanol–water partition coefficient (Wildman–Crippen LogP) is 0.801. The molecule has 0 aromatic heterocycles. The molecule has 0 aromatic carbocycles. The molecule has 1 fully saturated rings. The molecular weight excluding hydrogens is 145 g/mol. The maximum Gasteiger partial charge on any atom is 0.102 e. The van der Waals surface area contributed by atoms with E-state index >= 15 is 0 Å². The van der Waals surface area contributed by atoms with Gasteiger partial charge in [0, 0.05) is 12.6 Å². The number of aliphatic hydroxyl groups excluding tert-OH is 1. The van der Waals surface area contributed by atoms with Crippen LogP contribution in [0, 0.1) is 0 Å². The summed E-state index contributed by atoms with van der Waals surface area (Å²) in [7, 11) is 0. The summed E-state index contributed by atoms with van der Waals surface area (Å²) < 4.78 is 12.0. The molecule has 0 aliphatic carbocycles. The fourth-order valence-corrected chi connectivity index (χ4v) is 1.78. The summed E-state index contributed by atoms with van der Waals surface area (Å²) in [6, 6.07) is 0.200. The standard InChI is InChI=1S/C8H16FNO/c1-7(11)8-3-2-5-10(8)6-4-9/h7-8,11H,2-6H2,1H3/t7-,8-/m0/s1. The third-order valence-corrected chi connectivity index (χ3v) is 2.34. The molecule has 2 atom stereocenters. The Hall–Kier alpha value is -0.150. The zero-order valence-electron chi connectivity index (χ0n) is 6.96. The maximum atomic E-state index is 12.0. The van der Waals surface area contributed by atoms with E-state index in [-0.39, 0.29) is 18.8 Å². The Balaban J connectivity index is 2.37. The number of aliphatic hydroxyl groups is 1. The topological polar surface area (TPSA) is 23.5 Å². The summed E-state index contributed by atoms with van der Waals surface area (Å²) in [6.07, 6.45) is 1.79. The number of alkyl halides is 1. The lowest BCUT2D eigenvalue weighted by atomic mass is 10.1. The van der Waals surface area contributed by atoms with Gasteiger partial charge in [0.05, 0.1) is 6.10 Å². The van der Waals surface area contributed by atoms with Gasteiger partial charge in [-0.25, -0.2) is 4.39 Å². The van der Waals surface area contributed by atoms with Crippen molar-refractivity contribution in [2.45, 2.75) is 31.9 Å². The summed E-state index contributed by atoms with van der Waals surface area (Å²) in [5, 5.41) is 9.29. The fraction of sp³-hybridized carbons (Fsp3) is 1.00. The maximum absolute atomic E-state index is 12.0. The third-order valence-electron chi connectivity index (χ3n) is 2.34. The molecule has 1 aliphatic rings. The van der Waals surface area contributed by atoms with Gasteiger partial charge in [-0.1, -0.05) is 0 Å². The number of rotatable bonds is 3. The molecule has 0 spiro atoms. The minimum Gasteiger partial charge on any atom is -0.392 e. The van der Waals surface area contributed by atoms with Gasteiger partial charge in [0.1, 0.15) is 6.67 Å². The fourth-order valence-electron chi connectivity index (χ4n) is 1.78. The Morgan fingerprint density at radius 2 is 2.45 bits per heavy atom. The van der Waals surface area contributed by atoms with E-state index in [9.17, 15) is 9.50 Å². The van der Waals surface area contributed by atoms with E-state index in [0.29, 0.717) is 6.54 Å². The largest absolute Gasteiger partial charge is 0.392 e. The van der Waals surface area contributed by atoms with E-state index in [1.807, 2.05) is 4.90 Å². The lowest BCUT2D eigenvalue weighted by Crippen LogP contribution is -2.38. The average Bonchev–Trinajstić information content (AvgIpc) is 2.36. The summed E-state index contributed by atoms with van der Waals surface area (Å²) in [4.78, 5) is 2.03. The van der Waals surface area contributed by atoms with E-state index in [1.165, 1.54) is 0 Å². The van der Waals surface area contributed by atoms with Crippen LogP contribution in [-0.4, -0.2) is 41.9 Å². The lowest BCUT2D eigenvalue weighted by molar-refractivity contribution is 0.0832. The highest BCUT2D eigenvalue weighted by Crippen LogP contribution is 2.19. The Morgan fingerprint density at radius 3 is 3.00 bits per heavy atom. The van der Waals surface area contributed by atoms with Crippen molar-refractivity contribution in [2.24, 2.45) is 0 Å². The van der Waals surface area contributed by atoms with Crippen LogP contribution in [-0.2, 0) is 0 Å². The first kappa shape index (κ1) is 8.94. The minimum atomic E-state index is -0.316. The first-order valence-corrected chi connectivity index (χ1v) is 4.24. The summed E-state index contributed by atoms with van der Waals surface area (Å²) >= 11 is 0. The van der Waals surface area contributed by atoms with Gasteiger partial charge in [-0.2, -0.15) is 0 Å². The number of hydrogen-bond donors (Lipinski definition) is 1. The summed E-state index contributed by atoms with van der Waals surface area (Å²) in [5.41, 5.74) is 0. The Bertz CT molecular complexity index is 119. The van der Waals surface area contributed by atoms with Gasteiger partial charge < -0.3 is 5.11 Å². The van der Waals surface area contributed by atoms with Crippen LogP contribution in [0.4, 0.5) is 4.39 Å². The average molecular weight is 161 g/mol. The molecule has 1 saturated heterocycles. The first-order chi connectivity index (χ1) is 5.25. The van der Waals surface area contributed by atoms with Crippen LogP contribution in [0.3, 0.4) is 0 Å². The van der Waals surface area contributed by atoms with Gasteiger partial charge in [-0.05, 0) is 26.3 Å². The van der Waals surface area contributed by atoms with Crippen LogP contribution < -0.4 is 0 Å². The normalized spacial score (nSPS) is 29.2. The van der Waals surface area contributed by atoms with Gasteiger partial charge in [0.2, 0.25) is 0 Å². The van der Waals surface area contributed by atoms with E-state index in [4.69, 9.17) is 0 Å². The van der Waals surface area contributed by atoms with E-state index < -0.39 is 0 Å². The number of likely N-dealkylation sites (tertiary alicyclic amines) is 1. The first-order valence-electron chi connectivity index (χ1n) is 4.24. The zero-order chi connectivity index (χ0) is 8.27. The molecule has 0 unspecified atom stereocenters. The van der Waals surface area contributed by atoms with Crippen LogP contribution >= 0.6 is 0 Å². The highest BCUT2D eigenvalue weighted by atomic mass is 19.1. The molecule has 0 bridgehead atoms. The number of halogens is 1. The van der Waals surface area contributed by atoms with Crippen molar-refractivity contribution >= 4 is 0 Å². The monoisotopic (exact) mass is 161 g/mol. The van der Waals surface area contributed by atoms with E-state index in [2.05, 4.69) is 0 Å². The van der Waals surface area contributed by atoms with Crippen molar-refractivity contribution < 1.29 is 9.50 Å². The molecule has 0 radical (unpaired) electrons. The molecule has 11 heavy (non-hydrogen) atoms. The van der Waals surface area contributed by atoms with Crippen molar-refractivity contribution in [2.75, 3.05) is 19.8 Å². The van der Waals surface area contributed by atoms with Gasteiger partial charge in [-0.15, -0.1) is 0 Å². The molecular formula is C8H16FNO. The SMILES string of the molecule is C[C@H](O)[C@@H]1CCCN1CCF. The van der Waals surface area contributed by atoms with Crippen molar-refractivity contribution in [1.29, 1.82) is 0 Å². The number of hydrogen-bond acceptors (Lipinski definition) is 2. The summed E-state index contributed by atoms with van der Waals surface area (Å²) in [6.45, 7) is 2.90. The van der Waals surface area contributed by atoms with Crippen LogP contribution in [0.5, 0.6) is 0 Å². The second-order valence-corrected chi connectivity index (χ2v) is 3.18. The highest BCUT2D eigenvalue weighted by molar-refractivity contribution is 4.82. The summed E-state index contributed by atoms with van der Waals surface area (Å²) in [5.74, 6) is 0. The van der Waals surface area contributed by atoms with Crippen molar-refractivity contribution in [1.82, 2.24) is 4.90 Å². The van der Waals surface area contributed by atoms with Crippen molar-refractivity contribution in [3.63, 3.8) is 0 Å². The van der Waals surface area contributed by atoms with Gasteiger partial charge in [-0.3, -0.25) is 4.90 Å². The van der Waals surface area contributed by atoms with Crippen molar-refractivity contribution in [3.8, 4) is 0 Å². The molecule has 0 aromatic rings. The minimum absolute atomic E-state index is 0.200. The van der Waals surface area contributed by atoms with E-state index in [0.717, 1.165) is 19.4 Å². The van der Waals surface area contributed by atoms with Crippen LogP contribution in [0.1, 0.15) is 19.8 Å². The van der Waals surface area contributed by atoms with Crippen LogP contribution in [0.25, 0.3) is 0 Å². The second-order valence-electron chi connectivity index (χ2n) is 3.18.